The van der Waals surface area contributed by atoms with Crippen molar-refractivity contribution in [2.24, 2.45) is 0 Å². The number of piperidine rings is 1. The summed E-state index contributed by atoms with van der Waals surface area (Å²) in [6.45, 7) is 1.01. The van der Waals surface area contributed by atoms with Crippen LogP contribution >= 0.6 is 0 Å². The van der Waals surface area contributed by atoms with E-state index in [9.17, 15) is 8.42 Å². The summed E-state index contributed by atoms with van der Waals surface area (Å²) in [5.41, 5.74) is 1.89. The molecule has 2 aromatic heterocycles. The molecule has 0 amide bonds. The van der Waals surface area contributed by atoms with Crippen LogP contribution in [0.5, 0.6) is 0 Å². The summed E-state index contributed by atoms with van der Waals surface area (Å²) in [6.07, 6.45) is 10.5. The Morgan fingerprint density at radius 2 is 1.65 bits per heavy atom. The minimum Gasteiger partial charge on any atom is -0.324 e. The smallest absolute Gasteiger partial charge is 0.243 e. The van der Waals surface area contributed by atoms with E-state index in [2.05, 4.69) is 9.97 Å². The number of sulfonamides is 1. The number of rotatable bonds is 4. The van der Waals surface area contributed by atoms with Gasteiger partial charge in [-0.15, -0.1) is 0 Å². The lowest BCUT2D eigenvalue weighted by Crippen LogP contribution is -2.38. The van der Waals surface area contributed by atoms with Crippen molar-refractivity contribution in [1.82, 2.24) is 18.8 Å². The fraction of sp³-hybridized carbons (Fsp3) is 0.263. The van der Waals surface area contributed by atoms with Gasteiger partial charge in [0.05, 0.1) is 10.6 Å². The predicted octanol–water partition coefficient (Wildman–Crippen LogP) is 2.84. The molecule has 0 unspecified atom stereocenters. The first-order chi connectivity index (χ1) is 12.6. The molecule has 7 heteroatoms. The molecule has 0 spiro atoms. The van der Waals surface area contributed by atoms with E-state index < -0.39 is 10.0 Å². The first-order valence-electron chi connectivity index (χ1n) is 8.64. The Hall–Kier alpha value is -2.51. The molecule has 1 aromatic carbocycles. The van der Waals surface area contributed by atoms with Gasteiger partial charge in [-0.3, -0.25) is 9.97 Å². The third-order valence-corrected chi connectivity index (χ3v) is 6.75. The third kappa shape index (κ3) is 3.27. The number of nitrogens with zero attached hydrogens (tertiary/aromatic N) is 4. The van der Waals surface area contributed by atoms with Gasteiger partial charge in [-0.05, 0) is 49.2 Å². The fourth-order valence-electron chi connectivity index (χ4n) is 3.36. The molecule has 0 saturated carbocycles. The Kier molecular flexibility index (Phi) is 4.57. The highest BCUT2D eigenvalue weighted by atomic mass is 32.2. The molecule has 0 N–H and O–H groups in total. The quantitative estimate of drug-likeness (QED) is 0.710. The molecule has 1 aliphatic heterocycles. The van der Waals surface area contributed by atoms with Crippen LogP contribution in [0.4, 0.5) is 0 Å². The van der Waals surface area contributed by atoms with Crippen LogP contribution in [-0.4, -0.2) is 40.3 Å². The standard InChI is InChI=1S/C19H20N4O2S/c24-26(25,18-5-3-17(4-6-18)22-11-1-2-12-22)23-13-7-16(8-14-23)19-15-20-9-10-21-19/h1-6,9-12,15-16H,7-8,13-14H2. The van der Waals surface area contributed by atoms with Crippen LogP contribution < -0.4 is 0 Å². The van der Waals surface area contributed by atoms with Gasteiger partial charge in [-0.2, -0.15) is 4.31 Å². The molecule has 3 aromatic rings. The van der Waals surface area contributed by atoms with Crippen molar-refractivity contribution in [3.05, 3.63) is 73.1 Å². The molecule has 4 rings (SSSR count). The second kappa shape index (κ2) is 7.01. The number of benzene rings is 1. The van der Waals surface area contributed by atoms with Crippen LogP contribution in [-0.2, 0) is 10.0 Å². The second-order valence-corrected chi connectivity index (χ2v) is 8.33. The van der Waals surface area contributed by atoms with Crippen LogP contribution in [0.15, 0.2) is 72.3 Å². The number of hydrogen-bond acceptors (Lipinski definition) is 4. The topological polar surface area (TPSA) is 68.1 Å². The summed E-state index contributed by atoms with van der Waals surface area (Å²) >= 11 is 0. The lowest BCUT2D eigenvalue weighted by molar-refractivity contribution is 0.316. The van der Waals surface area contributed by atoms with Crippen molar-refractivity contribution < 1.29 is 8.42 Å². The van der Waals surface area contributed by atoms with E-state index in [-0.39, 0.29) is 5.92 Å². The second-order valence-electron chi connectivity index (χ2n) is 6.39. The summed E-state index contributed by atoms with van der Waals surface area (Å²) in [6, 6.07) is 10.9. The third-order valence-electron chi connectivity index (χ3n) is 4.83. The lowest BCUT2D eigenvalue weighted by Gasteiger charge is -2.30. The van der Waals surface area contributed by atoms with Gasteiger partial charge in [0, 0.05) is 55.7 Å². The normalized spacial score (nSPS) is 16.6. The highest BCUT2D eigenvalue weighted by molar-refractivity contribution is 7.89. The Bertz CT molecular complexity index is 947. The number of hydrogen-bond donors (Lipinski definition) is 0. The van der Waals surface area contributed by atoms with Gasteiger partial charge in [0.2, 0.25) is 10.0 Å². The van der Waals surface area contributed by atoms with Crippen LogP contribution in [0.3, 0.4) is 0 Å². The summed E-state index contributed by atoms with van der Waals surface area (Å²) in [4.78, 5) is 8.80. The summed E-state index contributed by atoms with van der Waals surface area (Å²) in [5.74, 6) is 0.270. The molecule has 0 radical (unpaired) electrons. The van der Waals surface area contributed by atoms with E-state index in [4.69, 9.17) is 0 Å². The van der Waals surface area contributed by atoms with Crippen molar-refractivity contribution in [3.8, 4) is 5.69 Å². The van der Waals surface area contributed by atoms with E-state index in [0.29, 0.717) is 18.0 Å². The minimum atomic E-state index is -3.47. The van der Waals surface area contributed by atoms with E-state index in [1.807, 2.05) is 41.2 Å². The molecule has 1 saturated heterocycles. The molecule has 0 bridgehead atoms. The van der Waals surface area contributed by atoms with Gasteiger partial charge in [-0.1, -0.05) is 0 Å². The van der Waals surface area contributed by atoms with Crippen molar-refractivity contribution in [3.63, 3.8) is 0 Å². The largest absolute Gasteiger partial charge is 0.324 e. The van der Waals surface area contributed by atoms with Crippen LogP contribution in [0, 0.1) is 0 Å². The fourth-order valence-corrected chi connectivity index (χ4v) is 4.83. The van der Waals surface area contributed by atoms with Crippen LogP contribution in [0.25, 0.3) is 5.69 Å². The van der Waals surface area contributed by atoms with Gasteiger partial charge in [0.25, 0.3) is 0 Å². The number of aromatic nitrogens is 3. The molecular weight excluding hydrogens is 348 g/mol. The molecule has 3 heterocycles. The maximum absolute atomic E-state index is 12.9. The van der Waals surface area contributed by atoms with Crippen molar-refractivity contribution >= 4 is 10.0 Å². The molecule has 1 fully saturated rings. The van der Waals surface area contributed by atoms with Gasteiger partial charge >= 0.3 is 0 Å². The van der Waals surface area contributed by atoms with Gasteiger partial charge in [0.15, 0.2) is 0 Å². The van der Waals surface area contributed by atoms with Crippen molar-refractivity contribution in [2.45, 2.75) is 23.7 Å². The van der Waals surface area contributed by atoms with Crippen LogP contribution in [0.1, 0.15) is 24.5 Å². The lowest BCUT2D eigenvalue weighted by atomic mass is 9.95. The van der Waals surface area contributed by atoms with Gasteiger partial charge in [0.1, 0.15) is 0 Å². The summed E-state index contributed by atoms with van der Waals surface area (Å²) < 4.78 is 29.4. The Balaban J connectivity index is 1.47. The van der Waals surface area contributed by atoms with E-state index in [1.54, 1.807) is 35.0 Å². The summed E-state index contributed by atoms with van der Waals surface area (Å²) in [7, 11) is -3.47. The minimum absolute atomic E-state index is 0.270. The highest BCUT2D eigenvalue weighted by Gasteiger charge is 2.30. The first kappa shape index (κ1) is 16.9. The van der Waals surface area contributed by atoms with Crippen molar-refractivity contribution in [1.29, 1.82) is 0 Å². The summed E-state index contributed by atoms with van der Waals surface area (Å²) in [5, 5.41) is 0. The predicted molar refractivity (Wildman–Crippen MR) is 98.5 cm³/mol. The molecule has 0 aliphatic carbocycles. The van der Waals surface area contributed by atoms with E-state index in [1.165, 1.54) is 0 Å². The zero-order valence-electron chi connectivity index (χ0n) is 14.3. The molecule has 1 aliphatic rings. The van der Waals surface area contributed by atoms with Crippen LogP contribution in [0.2, 0.25) is 0 Å². The van der Waals surface area contributed by atoms with E-state index in [0.717, 1.165) is 24.2 Å². The SMILES string of the molecule is O=S(=O)(c1ccc(-n2cccc2)cc1)N1CCC(c2cnccn2)CC1. The maximum atomic E-state index is 12.9. The van der Waals surface area contributed by atoms with Gasteiger partial charge < -0.3 is 4.57 Å². The Labute approximate surface area is 153 Å². The zero-order chi connectivity index (χ0) is 18.0. The maximum Gasteiger partial charge on any atom is 0.243 e. The average Bonchev–Trinajstić information content (AvgIpc) is 3.24. The zero-order valence-corrected chi connectivity index (χ0v) is 15.1. The molecule has 0 atom stereocenters. The first-order valence-corrected chi connectivity index (χ1v) is 10.1. The Morgan fingerprint density at radius 1 is 0.962 bits per heavy atom. The average molecular weight is 368 g/mol. The Morgan fingerprint density at radius 3 is 2.27 bits per heavy atom. The van der Waals surface area contributed by atoms with Gasteiger partial charge in [-0.25, -0.2) is 8.42 Å². The monoisotopic (exact) mass is 368 g/mol. The molecule has 26 heavy (non-hydrogen) atoms. The highest BCUT2D eigenvalue weighted by Crippen LogP contribution is 2.29. The molecular formula is C19H20N4O2S. The van der Waals surface area contributed by atoms with E-state index >= 15 is 0 Å². The van der Waals surface area contributed by atoms with Crippen molar-refractivity contribution in [2.75, 3.05) is 13.1 Å². The molecule has 134 valence electrons. The molecule has 6 nitrogen and oxygen atoms in total.